The average molecular weight is 274 g/mol. The van der Waals surface area contributed by atoms with Gasteiger partial charge < -0.3 is 0 Å². The third-order valence-electron chi connectivity index (χ3n) is 0.0488. The summed E-state index contributed by atoms with van der Waals surface area (Å²) in [6, 6.07) is 0. The summed E-state index contributed by atoms with van der Waals surface area (Å²) >= 11 is 3.62. The van der Waals surface area contributed by atoms with Gasteiger partial charge in [0.15, 0.2) is 0 Å². The maximum absolute atomic E-state index is 9.35. The Kier molecular flexibility index (Phi) is 4.94. The van der Waals surface area contributed by atoms with Crippen molar-refractivity contribution in [1.29, 1.82) is 0 Å². The third-order valence-corrected chi connectivity index (χ3v) is 1.28. The van der Waals surface area contributed by atoms with Crippen LogP contribution in [0.3, 0.4) is 0 Å². The second kappa shape index (κ2) is 3.97. The fourth-order valence-electron chi connectivity index (χ4n) is 0. The molecule has 1 nitrogen and oxygen atoms in total. The molecule has 0 amide bonds. The molecule has 4 heavy (non-hydrogen) atoms. The summed E-state index contributed by atoms with van der Waals surface area (Å²) in [7, 11) is 0. The van der Waals surface area contributed by atoms with Crippen LogP contribution in [0.2, 0.25) is 0 Å². The molecule has 0 aromatic carbocycles. The Morgan fingerprint density at radius 2 is 2.25 bits per heavy atom. The molecule has 0 aromatic rings. The molecule has 0 aliphatic rings. The first kappa shape index (κ1) is 4.97. The second-order valence-electron chi connectivity index (χ2n) is 0.249. The van der Waals surface area contributed by atoms with E-state index in [1.807, 2.05) is 0 Å². The first-order valence-corrected chi connectivity index (χ1v) is 5.18. The molecule has 0 unspecified atom stereocenters. The number of halogens is 1. The standard InChI is InChI=1S/CH2Cl.Bi.O/c1-2;;/h1H2;;. The van der Waals surface area contributed by atoms with Crippen molar-refractivity contribution in [2.75, 3.05) is 3.59 Å². The van der Waals surface area contributed by atoms with Gasteiger partial charge in [0.2, 0.25) is 0 Å². The van der Waals surface area contributed by atoms with Crippen LogP contribution in [-0.4, -0.2) is 26.8 Å². The molecule has 0 atom stereocenters. The van der Waals surface area contributed by atoms with Crippen molar-refractivity contribution >= 4 is 34.8 Å². The summed E-state index contributed by atoms with van der Waals surface area (Å²) in [4.78, 5) is 0. The van der Waals surface area contributed by atoms with E-state index in [1.54, 1.807) is 0 Å². The van der Waals surface area contributed by atoms with Crippen LogP contribution >= 0.6 is 11.6 Å². The molecule has 0 bridgehead atoms. The Morgan fingerprint density at radius 1 is 2.00 bits per heavy atom. The van der Waals surface area contributed by atoms with Crippen molar-refractivity contribution in [1.82, 2.24) is 0 Å². The molecular weight excluding hydrogens is 272 g/mol. The van der Waals surface area contributed by atoms with Crippen molar-refractivity contribution in [2.45, 2.75) is 0 Å². The van der Waals surface area contributed by atoms with Gasteiger partial charge in [-0.1, -0.05) is 0 Å². The first-order valence-electron chi connectivity index (χ1n) is 0.766. The predicted molar refractivity (Wildman–Crippen MR) is 17.2 cm³/mol. The molecule has 0 spiro atoms. The van der Waals surface area contributed by atoms with Gasteiger partial charge in [0.25, 0.3) is 0 Å². The molecule has 0 saturated heterocycles. The molecule has 0 rings (SSSR count). The van der Waals surface area contributed by atoms with Gasteiger partial charge in [0, 0.05) is 0 Å². The fraction of sp³-hybridized carbons (Fsp3) is 1.00. The molecule has 0 aromatic heterocycles. The molecule has 0 N–H and O–H groups in total. The van der Waals surface area contributed by atoms with Gasteiger partial charge in [-0.05, 0) is 0 Å². The Hall–Kier alpha value is 0.973. The third kappa shape index (κ3) is 2.97. The molecule has 3 heteroatoms. The quantitative estimate of drug-likeness (QED) is 0.494. The van der Waals surface area contributed by atoms with Gasteiger partial charge in [0.05, 0.1) is 0 Å². The van der Waals surface area contributed by atoms with E-state index in [1.165, 1.54) is 0 Å². The summed E-state index contributed by atoms with van der Waals surface area (Å²) in [6.07, 6.45) is 0. The van der Waals surface area contributed by atoms with E-state index in [2.05, 4.69) is 0 Å². The van der Waals surface area contributed by atoms with Gasteiger partial charge in [-0.25, -0.2) is 0 Å². The molecule has 0 radical (unpaired) electrons. The molecule has 24 valence electrons. The Labute approximate surface area is 41.3 Å². The van der Waals surface area contributed by atoms with Crippen molar-refractivity contribution in [2.24, 2.45) is 0 Å². The first-order chi connectivity index (χ1) is 1.91. The topological polar surface area (TPSA) is 17.1 Å². The molecule has 0 aliphatic carbocycles. The van der Waals surface area contributed by atoms with Crippen LogP contribution in [0.4, 0.5) is 0 Å². The van der Waals surface area contributed by atoms with Crippen molar-refractivity contribution in [3.8, 4) is 0 Å². The summed E-state index contributed by atoms with van der Waals surface area (Å²) in [5.74, 6) is 0. The van der Waals surface area contributed by atoms with E-state index in [4.69, 9.17) is 11.6 Å². The van der Waals surface area contributed by atoms with E-state index in [0.29, 0.717) is 3.59 Å². The van der Waals surface area contributed by atoms with Crippen molar-refractivity contribution in [3.63, 3.8) is 0 Å². The molecule has 0 aliphatic heterocycles. The van der Waals surface area contributed by atoms with Crippen LogP contribution in [-0.2, 0) is 2.81 Å². The average Bonchev–Trinajstić information content (AvgIpc) is 1.37. The summed E-state index contributed by atoms with van der Waals surface area (Å²) < 4.78 is 9.76. The van der Waals surface area contributed by atoms with E-state index in [0.717, 1.165) is 0 Å². The van der Waals surface area contributed by atoms with Gasteiger partial charge in [-0.15, -0.1) is 0 Å². The zero-order valence-electron chi connectivity index (χ0n) is 1.94. The summed E-state index contributed by atoms with van der Waals surface area (Å²) in [5, 5.41) is 0. The number of rotatable bonds is 1. The fourth-order valence-corrected chi connectivity index (χ4v) is 0. The Morgan fingerprint density at radius 3 is 2.25 bits per heavy atom. The van der Waals surface area contributed by atoms with Crippen LogP contribution in [0.25, 0.3) is 0 Å². The molecule has 0 saturated carbocycles. The SMILES string of the molecule is [O]=[Bi][CH2]Cl. The van der Waals surface area contributed by atoms with Gasteiger partial charge in [0.1, 0.15) is 0 Å². The predicted octanol–water partition coefficient (Wildman–Crippen LogP) is 0.232. The Bertz CT molecular complexity index is 22.0. The summed E-state index contributed by atoms with van der Waals surface area (Å²) in [5.41, 5.74) is 0. The van der Waals surface area contributed by atoms with E-state index < -0.39 is 23.2 Å². The van der Waals surface area contributed by atoms with Crippen LogP contribution in [0.1, 0.15) is 0 Å². The van der Waals surface area contributed by atoms with E-state index >= 15 is 0 Å². The van der Waals surface area contributed by atoms with Crippen molar-refractivity contribution < 1.29 is 2.81 Å². The molecular formula is CH2BiClO. The normalized spacial score (nSPS) is 6.25. The molecule has 0 fully saturated rings. The minimum atomic E-state index is -1.33. The maximum atomic E-state index is 9.35. The zero-order valence-corrected chi connectivity index (χ0v) is 6.17. The zero-order chi connectivity index (χ0) is 3.41. The van der Waals surface area contributed by atoms with Crippen LogP contribution in [0.5, 0.6) is 0 Å². The van der Waals surface area contributed by atoms with Gasteiger partial charge in [-0.3, -0.25) is 0 Å². The van der Waals surface area contributed by atoms with Crippen molar-refractivity contribution in [3.05, 3.63) is 0 Å². The van der Waals surface area contributed by atoms with E-state index in [-0.39, 0.29) is 0 Å². The number of alkyl halides is 1. The van der Waals surface area contributed by atoms with E-state index in [9.17, 15) is 2.81 Å². The number of hydrogen-bond donors (Lipinski definition) is 0. The van der Waals surface area contributed by atoms with Gasteiger partial charge in [-0.2, -0.15) is 0 Å². The summed E-state index contributed by atoms with van der Waals surface area (Å²) in [6.45, 7) is 0. The van der Waals surface area contributed by atoms with Crippen LogP contribution in [0, 0.1) is 0 Å². The Balaban J connectivity index is 2.30. The molecule has 0 heterocycles. The monoisotopic (exact) mass is 274 g/mol. The number of hydrogen-bond acceptors (Lipinski definition) is 1. The second-order valence-corrected chi connectivity index (χ2v) is 4.28. The minimum absolute atomic E-state index is 0.417. The van der Waals surface area contributed by atoms with Gasteiger partial charge >= 0.3 is 41.2 Å². The van der Waals surface area contributed by atoms with Crippen LogP contribution < -0.4 is 0 Å². The van der Waals surface area contributed by atoms with Crippen LogP contribution in [0.15, 0.2) is 0 Å².